The first-order valence-electron chi connectivity index (χ1n) is 4.19. The minimum absolute atomic E-state index is 0.169. The number of methoxy groups -OCH3 is 1. The van der Waals surface area contributed by atoms with Crippen LogP contribution in [0.3, 0.4) is 0 Å². The van der Waals surface area contributed by atoms with E-state index < -0.39 is 0 Å². The third-order valence-electron chi connectivity index (χ3n) is 1.97. The molecule has 0 aliphatic carbocycles. The van der Waals surface area contributed by atoms with Crippen LogP contribution in [0.5, 0.6) is 5.75 Å². The van der Waals surface area contributed by atoms with Crippen molar-refractivity contribution in [3.8, 4) is 5.75 Å². The van der Waals surface area contributed by atoms with Crippen molar-refractivity contribution in [2.75, 3.05) is 7.11 Å². The Hall–Kier alpha value is -1.09. The number of rotatable bonds is 3. The first kappa shape index (κ1) is 9.99. The molecule has 0 aliphatic rings. The lowest BCUT2D eigenvalue weighted by atomic mass is 10.1. The number of halogens is 1. The lowest BCUT2D eigenvalue weighted by Gasteiger charge is -2.09. The average molecular weight is 184 g/mol. The van der Waals surface area contributed by atoms with Crippen molar-refractivity contribution in [3.63, 3.8) is 0 Å². The van der Waals surface area contributed by atoms with Gasteiger partial charge in [-0.1, -0.05) is 6.92 Å². The van der Waals surface area contributed by atoms with Crippen molar-refractivity contribution in [2.24, 2.45) is 0 Å². The second-order valence-electron chi connectivity index (χ2n) is 2.77. The average Bonchev–Trinajstić information content (AvgIpc) is 2.16. The molecule has 0 heterocycles. The summed E-state index contributed by atoms with van der Waals surface area (Å²) in [5.74, 6) is 0.192. The van der Waals surface area contributed by atoms with Gasteiger partial charge in [0, 0.05) is 5.56 Å². The molecule has 0 unspecified atom stereocenters. The van der Waals surface area contributed by atoms with E-state index in [1.54, 1.807) is 6.07 Å². The van der Waals surface area contributed by atoms with Gasteiger partial charge in [-0.25, -0.2) is 4.39 Å². The molecule has 0 aliphatic heterocycles. The third kappa shape index (κ3) is 1.98. The summed E-state index contributed by atoms with van der Waals surface area (Å²) in [6.07, 6.45) is 0.584. The van der Waals surface area contributed by atoms with Crippen molar-refractivity contribution < 1.29 is 14.2 Å². The van der Waals surface area contributed by atoms with Crippen LogP contribution in [0.25, 0.3) is 0 Å². The van der Waals surface area contributed by atoms with Crippen molar-refractivity contribution in [1.82, 2.24) is 0 Å². The summed E-state index contributed by atoms with van der Waals surface area (Å²) in [5.41, 5.74) is 1.09. The Kier molecular flexibility index (Phi) is 3.25. The molecule has 0 radical (unpaired) electrons. The predicted molar refractivity (Wildman–Crippen MR) is 48.3 cm³/mol. The largest absolute Gasteiger partial charge is 0.496 e. The van der Waals surface area contributed by atoms with E-state index in [4.69, 9.17) is 9.84 Å². The Morgan fingerprint density at radius 1 is 1.46 bits per heavy atom. The van der Waals surface area contributed by atoms with Crippen LogP contribution in [0.4, 0.5) is 4.39 Å². The molecule has 0 amide bonds. The normalized spacial score (nSPS) is 10.2. The lowest BCUT2D eigenvalue weighted by Crippen LogP contribution is -1.97. The van der Waals surface area contributed by atoms with Gasteiger partial charge in [0.15, 0.2) is 0 Å². The zero-order chi connectivity index (χ0) is 9.84. The van der Waals surface area contributed by atoms with Crippen LogP contribution in [-0.2, 0) is 13.0 Å². The third-order valence-corrected chi connectivity index (χ3v) is 1.97. The predicted octanol–water partition coefficient (Wildman–Crippen LogP) is 1.89. The maximum Gasteiger partial charge on any atom is 0.130 e. The first-order chi connectivity index (χ1) is 6.22. The highest BCUT2D eigenvalue weighted by molar-refractivity contribution is 5.38. The van der Waals surface area contributed by atoms with Gasteiger partial charge >= 0.3 is 0 Å². The highest BCUT2D eigenvalue weighted by Gasteiger charge is 2.08. The summed E-state index contributed by atoms with van der Waals surface area (Å²) in [6, 6.07) is 2.99. The fraction of sp³-hybridized carbons (Fsp3) is 0.400. The maximum absolute atomic E-state index is 13.3. The minimum Gasteiger partial charge on any atom is -0.496 e. The Bertz CT molecular complexity index is 297. The number of ether oxygens (including phenoxy) is 1. The van der Waals surface area contributed by atoms with Gasteiger partial charge in [0.25, 0.3) is 0 Å². The van der Waals surface area contributed by atoms with Crippen LogP contribution in [-0.4, -0.2) is 12.2 Å². The summed E-state index contributed by atoms with van der Waals surface area (Å²) < 4.78 is 18.3. The molecule has 13 heavy (non-hydrogen) atoms. The highest BCUT2D eigenvalue weighted by Crippen LogP contribution is 2.24. The molecule has 0 bridgehead atoms. The zero-order valence-electron chi connectivity index (χ0n) is 7.80. The summed E-state index contributed by atoms with van der Waals surface area (Å²) in [6.45, 7) is 1.69. The second-order valence-corrected chi connectivity index (χ2v) is 2.77. The number of aliphatic hydroxyl groups excluding tert-OH is 1. The summed E-state index contributed by atoms with van der Waals surface area (Å²) in [4.78, 5) is 0. The molecule has 72 valence electrons. The molecule has 0 atom stereocenters. The maximum atomic E-state index is 13.3. The Labute approximate surface area is 77.0 Å². The molecule has 2 nitrogen and oxygen atoms in total. The molecule has 0 saturated heterocycles. The molecular formula is C10H13FO2. The standard InChI is InChI=1S/C10H13FO2/c1-3-8-9(11)4-7(6-12)5-10(8)13-2/h4-5,12H,3,6H2,1-2H3. The SMILES string of the molecule is CCc1c(F)cc(CO)cc1OC. The smallest absolute Gasteiger partial charge is 0.130 e. The lowest BCUT2D eigenvalue weighted by molar-refractivity contribution is 0.280. The number of aliphatic hydroxyl groups is 1. The summed E-state index contributed by atoms with van der Waals surface area (Å²) in [5, 5.41) is 8.82. The fourth-order valence-corrected chi connectivity index (χ4v) is 1.28. The van der Waals surface area contributed by atoms with E-state index in [2.05, 4.69) is 0 Å². The fourth-order valence-electron chi connectivity index (χ4n) is 1.28. The topological polar surface area (TPSA) is 29.5 Å². The van der Waals surface area contributed by atoms with Crippen molar-refractivity contribution in [2.45, 2.75) is 20.0 Å². The van der Waals surface area contributed by atoms with Crippen molar-refractivity contribution in [1.29, 1.82) is 0 Å². The van der Waals surface area contributed by atoms with Crippen LogP contribution < -0.4 is 4.74 Å². The van der Waals surface area contributed by atoms with Crippen LogP contribution in [0.15, 0.2) is 12.1 Å². The van der Waals surface area contributed by atoms with Gasteiger partial charge in [-0.2, -0.15) is 0 Å². The van der Waals surface area contributed by atoms with E-state index in [9.17, 15) is 4.39 Å². The molecule has 0 spiro atoms. The van der Waals surface area contributed by atoms with E-state index in [-0.39, 0.29) is 12.4 Å². The summed E-state index contributed by atoms with van der Waals surface area (Å²) >= 11 is 0. The molecule has 1 N–H and O–H groups in total. The minimum atomic E-state index is -0.314. The quantitative estimate of drug-likeness (QED) is 0.777. The van der Waals surface area contributed by atoms with Crippen molar-refractivity contribution in [3.05, 3.63) is 29.1 Å². The van der Waals surface area contributed by atoms with E-state index in [1.807, 2.05) is 6.92 Å². The number of hydrogen-bond acceptors (Lipinski definition) is 2. The van der Waals surface area contributed by atoms with Gasteiger partial charge in [-0.3, -0.25) is 0 Å². The first-order valence-corrected chi connectivity index (χ1v) is 4.19. The van der Waals surface area contributed by atoms with Gasteiger partial charge < -0.3 is 9.84 Å². The molecule has 0 fully saturated rings. The number of benzene rings is 1. The Morgan fingerprint density at radius 3 is 2.62 bits per heavy atom. The molecular weight excluding hydrogens is 171 g/mol. The molecule has 1 aromatic rings. The van der Waals surface area contributed by atoms with Crippen LogP contribution in [0.2, 0.25) is 0 Å². The second kappa shape index (κ2) is 4.23. The number of hydrogen-bond donors (Lipinski definition) is 1. The summed E-state index contributed by atoms with van der Waals surface area (Å²) in [7, 11) is 1.50. The molecule has 1 rings (SSSR count). The van der Waals surface area contributed by atoms with Gasteiger partial charge in [-0.15, -0.1) is 0 Å². The van der Waals surface area contributed by atoms with E-state index >= 15 is 0 Å². The molecule has 1 aromatic carbocycles. The molecule has 3 heteroatoms. The highest BCUT2D eigenvalue weighted by atomic mass is 19.1. The van der Waals surface area contributed by atoms with Crippen LogP contribution >= 0.6 is 0 Å². The van der Waals surface area contributed by atoms with Gasteiger partial charge in [0.1, 0.15) is 11.6 Å². The molecule has 0 saturated carbocycles. The van der Waals surface area contributed by atoms with Gasteiger partial charge in [0.2, 0.25) is 0 Å². The van der Waals surface area contributed by atoms with E-state index in [1.165, 1.54) is 13.2 Å². The van der Waals surface area contributed by atoms with E-state index in [0.717, 1.165) is 0 Å². The van der Waals surface area contributed by atoms with Crippen LogP contribution in [0, 0.1) is 5.82 Å². The van der Waals surface area contributed by atoms with Crippen molar-refractivity contribution >= 4 is 0 Å². The van der Waals surface area contributed by atoms with Gasteiger partial charge in [0.05, 0.1) is 13.7 Å². The molecule has 0 aromatic heterocycles. The van der Waals surface area contributed by atoms with Gasteiger partial charge in [-0.05, 0) is 24.1 Å². The Morgan fingerprint density at radius 2 is 2.15 bits per heavy atom. The Balaban J connectivity index is 3.20. The van der Waals surface area contributed by atoms with E-state index in [0.29, 0.717) is 23.3 Å². The monoisotopic (exact) mass is 184 g/mol. The van der Waals surface area contributed by atoms with Crippen LogP contribution in [0.1, 0.15) is 18.1 Å². The zero-order valence-corrected chi connectivity index (χ0v) is 7.80.